The van der Waals surface area contributed by atoms with Crippen LogP contribution in [-0.4, -0.2) is 21.8 Å². The lowest BCUT2D eigenvalue weighted by Gasteiger charge is -2.04. The summed E-state index contributed by atoms with van der Waals surface area (Å²) in [5.41, 5.74) is 5.43. The fourth-order valence-electron chi connectivity index (χ4n) is 2.81. The highest BCUT2D eigenvalue weighted by atomic mass is 16.1. The predicted octanol–water partition coefficient (Wildman–Crippen LogP) is 4.14. The van der Waals surface area contributed by atoms with Crippen LogP contribution in [-0.2, 0) is 11.2 Å². The van der Waals surface area contributed by atoms with E-state index in [4.69, 9.17) is 0 Å². The maximum atomic E-state index is 12.0. The van der Waals surface area contributed by atoms with Crippen LogP contribution in [0.25, 0.3) is 11.7 Å². The van der Waals surface area contributed by atoms with Crippen LogP contribution < -0.4 is 5.32 Å². The van der Waals surface area contributed by atoms with Crippen molar-refractivity contribution in [2.45, 2.75) is 33.1 Å². The third-order valence-corrected chi connectivity index (χ3v) is 4.36. The molecule has 4 nitrogen and oxygen atoms in total. The van der Waals surface area contributed by atoms with Crippen LogP contribution in [0.15, 0.2) is 54.9 Å². The Bertz CT molecular complexity index is 920. The SMILES string of the molecule is Cc1ccc2nc(CCNC(=O)/C=C/c3ccc(C(C)C)cc3)cn2c1. The summed E-state index contributed by atoms with van der Waals surface area (Å²) in [6, 6.07) is 12.3. The molecule has 0 aliphatic heterocycles. The van der Waals surface area contributed by atoms with Gasteiger partial charge in [0.05, 0.1) is 5.69 Å². The van der Waals surface area contributed by atoms with Gasteiger partial charge in [0, 0.05) is 31.4 Å². The molecule has 0 bridgehead atoms. The third-order valence-electron chi connectivity index (χ3n) is 4.36. The molecule has 0 spiro atoms. The molecule has 1 amide bonds. The van der Waals surface area contributed by atoms with E-state index < -0.39 is 0 Å². The number of aryl methyl sites for hydroxylation is 1. The minimum atomic E-state index is -0.0856. The van der Waals surface area contributed by atoms with Crippen LogP contribution in [0.3, 0.4) is 0 Å². The Morgan fingerprint density at radius 1 is 1.15 bits per heavy atom. The summed E-state index contributed by atoms with van der Waals surface area (Å²) in [6.07, 6.45) is 8.20. The summed E-state index contributed by atoms with van der Waals surface area (Å²) >= 11 is 0. The van der Waals surface area contributed by atoms with E-state index in [0.29, 0.717) is 18.9 Å². The summed E-state index contributed by atoms with van der Waals surface area (Å²) in [5, 5.41) is 2.91. The summed E-state index contributed by atoms with van der Waals surface area (Å²) in [5.74, 6) is 0.428. The second-order valence-corrected chi connectivity index (χ2v) is 6.90. The van der Waals surface area contributed by atoms with E-state index in [-0.39, 0.29) is 5.91 Å². The predicted molar refractivity (Wildman–Crippen MR) is 106 cm³/mol. The van der Waals surface area contributed by atoms with Crippen LogP contribution >= 0.6 is 0 Å². The third kappa shape index (κ3) is 4.60. The minimum absolute atomic E-state index is 0.0856. The quantitative estimate of drug-likeness (QED) is 0.681. The highest BCUT2D eigenvalue weighted by Gasteiger charge is 2.03. The van der Waals surface area contributed by atoms with Crippen molar-refractivity contribution in [1.82, 2.24) is 14.7 Å². The average molecular weight is 347 g/mol. The number of amides is 1. The number of nitrogens with one attached hydrogen (secondary N) is 1. The van der Waals surface area contributed by atoms with Crippen LogP contribution in [0, 0.1) is 6.92 Å². The minimum Gasteiger partial charge on any atom is -0.352 e. The fourth-order valence-corrected chi connectivity index (χ4v) is 2.81. The molecule has 1 aromatic carbocycles. The molecule has 26 heavy (non-hydrogen) atoms. The van der Waals surface area contributed by atoms with E-state index in [1.54, 1.807) is 6.08 Å². The number of hydrogen-bond donors (Lipinski definition) is 1. The maximum Gasteiger partial charge on any atom is 0.244 e. The number of carbonyl (C=O) groups excluding carboxylic acids is 1. The molecule has 3 rings (SSSR count). The molecule has 2 aromatic heterocycles. The van der Waals surface area contributed by atoms with Crippen LogP contribution in [0.5, 0.6) is 0 Å². The van der Waals surface area contributed by atoms with Crippen molar-refractivity contribution in [2.75, 3.05) is 6.54 Å². The van der Waals surface area contributed by atoms with Gasteiger partial charge < -0.3 is 9.72 Å². The van der Waals surface area contributed by atoms with E-state index in [1.165, 1.54) is 11.1 Å². The zero-order chi connectivity index (χ0) is 18.5. The number of imidazole rings is 1. The van der Waals surface area contributed by atoms with Gasteiger partial charge in [0.25, 0.3) is 0 Å². The monoisotopic (exact) mass is 347 g/mol. The smallest absolute Gasteiger partial charge is 0.244 e. The van der Waals surface area contributed by atoms with Gasteiger partial charge in [-0.1, -0.05) is 44.2 Å². The highest BCUT2D eigenvalue weighted by molar-refractivity contribution is 5.91. The van der Waals surface area contributed by atoms with Crippen molar-refractivity contribution in [3.63, 3.8) is 0 Å². The van der Waals surface area contributed by atoms with Gasteiger partial charge in [-0.05, 0) is 41.7 Å². The Kier molecular flexibility index (Phi) is 5.52. The topological polar surface area (TPSA) is 46.4 Å². The molecular weight excluding hydrogens is 322 g/mol. The number of benzene rings is 1. The highest BCUT2D eigenvalue weighted by Crippen LogP contribution is 2.15. The zero-order valence-corrected chi connectivity index (χ0v) is 15.6. The standard InChI is InChI=1S/C22H25N3O/c1-16(2)19-8-5-18(6-9-19)7-11-22(26)23-13-12-20-15-25-14-17(3)4-10-21(25)24-20/h4-11,14-16H,12-13H2,1-3H3,(H,23,26)/b11-7+. The van der Waals surface area contributed by atoms with E-state index >= 15 is 0 Å². The Hall–Kier alpha value is -2.88. The number of aromatic nitrogens is 2. The van der Waals surface area contributed by atoms with Gasteiger partial charge in [-0.3, -0.25) is 4.79 Å². The molecule has 4 heteroatoms. The number of fused-ring (bicyclic) bond motifs is 1. The molecule has 1 N–H and O–H groups in total. The largest absolute Gasteiger partial charge is 0.352 e. The first-order valence-electron chi connectivity index (χ1n) is 9.01. The maximum absolute atomic E-state index is 12.0. The molecule has 0 saturated carbocycles. The Morgan fingerprint density at radius 2 is 1.92 bits per heavy atom. The normalized spacial score (nSPS) is 11.5. The van der Waals surface area contributed by atoms with E-state index in [9.17, 15) is 4.79 Å². The van der Waals surface area contributed by atoms with Crippen molar-refractivity contribution < 1.29 is 4.79 Å². The number of carbonyl (C=O) groups is 1. The number of pyridine rings is 1. The average Bonchev–Trinajstić information content (AvgIpc) is 3.02. The molecular formula is C22H25N3O. The molecule has 0 aliphatic rings. The molecule has 134 valence electrons. The van der Waals surface area contributed by atoms with Crippen LogP contribution in [0.1, 0.15) is 42.1 Å². The molecule has 0 aliphatic carbocycles. The van der Waals surface area contributed by atoms with E-state index in [0.717, 1.165) is 16.9 Å². The van der Waals surface area contributed by atoms with Gasteiger partial charge >= 0.3 is 0 Å². The number of nitrogens with zero attached hydrogens (tertiary/aromatic N) is 2. The number of hydrogen-bond acceptors (Lipinski definition) is 2. The van der Waals surface area contributed by atoms with Gasteiger partial charge in [0.2, 0.25) is 5.91 Å². The summed E-state index contributed by atoms with van der Waals surface area (Å²) in [4.78, 5) is 16.5. The Balaban J connectivity index is 1.50. The summed E-state index contributed by atoms with van der Waals surface area (Å²) < 4.78 is 2.02. The van der Waals surface area contributed by atoms with Crippen molar-refractivity contribution in [2.24, 2.45) is 0 Å². The summed E-state index contributed by atoms with van der Waals surface area (Å²) in [6.45, 7) is 6.96. The second-order valence-electron chi connectivity index (χ2n) is 6.90. The van der Waals surface area contributed by atoms with Gasteiger partial charge in [-0.25, -0.2) is 4.98 Å². The van der Waals surface area contributed by atoms with E-state index in [2.05, 4.69) is 49.4 Å². The van der Waals surface area contributed by atoms with Crippen molar-refractivity contribution in [3.8, 4) is 0 Å². The molecule has 0 saturated heterocycles. The van der Waals surface area contributed by atoms with Crippen molar-refractivity contribution in [3.05, 3.63) is 77.3 Å². The second kappa shape index (κ2) is 8.00. The first-order valence-corrected chi connectivity index (χ1v) is 9.01. The Morgan fingerprint density at radius 3 is 2.65 bits per heavy atom. The summed E-state index contributed by atoms with van der Waals surface area (Å²) in [7, 11) is 0. The van der Waals surface area contributed by atoms with Gasteiger partial charge in [0.1, 0.15) is 5.65 Å². The molecule has 0 atom stereocenters. The van der Waals surface area contributed by atoms with Crippen LogP contribution in [0.4, 0.5) is 0 Å². The molecule has 0 unspecified atom stereocenters. The van der Waals surface area contributed by atoms with Crippen molar-refractivity contribution in [1.29, 1.82) is 0 Å². The lowest BCUT2D eigenvalue weighted by atomic mass is 10.0. The lowest BCUT2D eigenvalue weighted by molar-refractivity contribution is -0.116. The lowest BCUT2D eigenvalue weighted by Crippen LogP contribution is -2.23. The Labute approximate surface area is 154 Å². The molecule has 0 radical (unpaired) electrons. The first-order chi connectivity index (χ1) is 12.5. The molecule has 2 heterocycles. The fraction of sp³-hybridized carbons (Fsp3) is 0.273. The van der Waals surface area contributed by atoms with Gasteiger partial charge in [-0.15, -0.1) is 0 Å². The molecule has 3 aromatic rings. The molecule has 0 fully saturated rings. The van der Waals surface area contributed by atoms with E-state index in [1.807, 2.05) is 40.9 Å². The van der Waals surface area contributed by atoms with Crippen LogP contribution in [0.2, 0.25) is 0 Å². The van der Waals surface area contributed by atoms with Gasteiger partial charge in [0.15, 0.2) is 0 Å². The number of rotatable bonds is 6. The first kappa shape index (κ1) is 17.9. The van der Waals surface area contributed by atoms with Crippen molar-refractivity contribution >= 4 is 17.6 Å². The van der Waals surface area contributed by atoms with Gasteiger partial charge in [-0.2, -0.15) is 0 Å². The zero-order valence-electron chi connectivity index (χ0n) is 15.6.